The third kappa shape index (κ3) is 3.51. The largest absolute Gasteiger partial charge is 0.486 e. The van der Waals surface area contributed by atoms with Gasteiger partial charge in [-0.2, -0.15) is 18.3 Å². The Morgan fingerprint density at radius 1 is 1.25 bits per heavy atom. The minimum Gasteiger partial charge on any atom is -0.486 e. The quantitative estimate of drug-likeness (QED) is 0.918. The molecule has 108 valence electrons. The highest BCUT2D eigenvalue weighted by atomic mass is 19.4. The van der Waals surface area contributed by atoms with E-state index in [-0.39, 0.29) is 12.2 Å². The Morgan fingerprint density at radius 3 is 2.70 bits per heavy atom. The maximum absolute atomic E-state index is 12.8. The van der Waals surface area contributed by atoms with Crippen molar-refractivity contribution in [1.29, 1.82) is 0 Å². The molecule has 0 aliphatic carbocycles. The number of nitrogens with zero attached hydrogens (tertiary/aromatic N) is 2. The second kappa shape index (κ2) is 5.96. The first-order valence-corrected chi connectivity index (χ1v) is 6.01. The summed E-state index contributed by atoms with van der Waals surface area (Å²) in [5.74, 6) is 0.412. The van der Waals surface area contributed by atoms with Crippen molar-refractivity contribution in [2.75, 3.05) is 6.54 Å². The lowest BCUT2D eigenvalue weighted by Gasteiger charge is -2.12. The highest BCUT2D eigenvalue weighted by Crippen LogP contribution is 2.32. The van der Waals surface area contributed by atoms with E-state index in [1.807, 2.05) is 0 Å². The SMILES string of the molecule is NCCn1cc(OCc2ccccc2C(F)(F)F)cn1. The molecule has 0 amide bonds. The van der Waals surface area contributed by atoms with Gasteiger partial charge < -0.3 is 10.5 Å². The van der Waals surface area contributed by atoms with E-state index in [0.717, 1.165) is 6.07 Å². The minimum atomic E-state index is -4.39. The van der Waals surface area contributed by atoms with Crippen molar-refractivity contribution in [3.05, 3.63) is 47.8 Å². The third-order valence-electron chi connectivity index (χ3n) is 2.68. The van der Waals surface area contributed by atoms with Crippen LogP contribution in [0.4, 0.5) is 13.2 Å². The Hall–Kier alpha value is -2.02. The van der Waals surface area contributed by atoms with E-state index in [1.54, 1.807) is 16.9 Å². The van der Waals surface area contributed by atoms with E-state index in [9.17, 15) is 13.2 Å². The monoisotopic (exact) mass is 285 g/mol. The lowest BCUT2D eigenvalue weighted by Crippen LogP contribution is -2.11. The summed E-state index contributed by atoms with van der Waals surface area (Å²) in [6.45, 7) is 0.796. The highest BCUT2D eigenvalue weighted by molar-refractivity contribution is 5.29. The van der Waals surface area contributed by atoms with Gasteiger partial charge in [0, 0.05) is 12.1 Å². The van der Waals surface area contributed by atoms with E-state index in [4.69, 9.17) is 10.5 Å². The Kier molecular flexibility index (Phi) is 4.29. The minimum absolute atomic E-state index is 0.0894. The number of ether oxygens (including phenoxy) is 1. The maximum atomic E-state index is 12.8. The molecule has 1 heterocycles. The van der Waals surface area contributed by atoms with Crippen molar-refractivity contribution in [2.45, 2.75) is 19.3 Å². The molecule has 7 heteroatoms. The Labute approximate surface area is 114 Å². The first-order chi connectivity index (χ1) is 9.50. The van der Waals surface area contributed by atoms with Crippen LogP contribution < -0.4 is 10.5 Å². The van der Waals surface area contributed by atoms with E-state index in [0.29, 0.717) is 18.8 Å². The fraction of sp³-hybridized carbons (Fsp3) is 0.308. The summed E-state index contributed by atoms with van der Waals surface area (Å²) in [6, 6.07) is 5.33. The van der Waals surface area contributed by atoms with Crippen LogP contribution in [0.25, 0.3) is 0 Å². The van der Waals surface area contributed by atoms with Gasteiger partial charge >= 0.3 is 6.18 Å². The Balaban J connectivity index is 2.07. The summed E-state index contributed by atoms with van der Waals surface area (Å²) in [6.07, 6.45) is -1.33. The molecule has 2 aromatic rings. The molecule has 4 nitrogen and oxygen atoms in total. The molecule has 2 N–H and O–H groups in total. The molecule has 1 aromatic heterocycles. The van der Waals surface area contributed by atoms with Gasteiger partial charge in [-0.3, -0.25) is 4.68 Å². The lowest BCUT2D eigenvalue weighted by atomic mass is 10.1. The van der Waals surface area contributed by atoms with Crippen molar-refractivity contribution in [3.63, 3.8) is 0 Å². The predicted molar refractivity (Wildman–Crippen MR) is 67.1 cm³/mol. The van der Waals surface area contributed by atoms with Gasteiger partial charge in [0.25, 0.3) is 0 Å². The number of aromatic nitrogens is 2. The average molecular weight is 285 g/mol. The summed E-state index contributed by atoms with van der Waals surface area (Å²) in [4.78, 5) is 0. The Bertz CT molecular complexity index is 566. The van der Waals surface area contributed by atoms with Crippen molar-refractivity contribution in [2.24, 2.45) is 5.73 Å². The molecule has 0 bridgehead atoms. The van der Waals surface area contributed by atoms with Gasteiger partial charge in [-0.1, -0.05) is 18.2 Å². The summed E-state index contributed by atoms with van der Waals surface area (Å²) >= 11 is 0. The van der Waals surface area contributed by atoms with Crippen LogP contribution in [-0.2, 0) is 19.3 Å². The molecule has 0 spiro atoms. The van der Waals surface area contributed by atoms with Crippen LogP contribution in [0.1, 0.15) is 11.1 Å². The van der Waals surface area contributed by atoms with E-state index < -0.39 is 11.7 Å². The first-order valence-electron chi connectivity index (χ1n) is 6.01. The molecule has 0 radical (unpaired) electrons. The molecule has 1 aromatic carbocycles. The summed E-state index contributed by atoms with van der Waals surface area (Å²) < 4.78 is 45.3. The molecule has 0 fully saturated rings. The molecular weight excluding hydrogens is 271 g/mol. The third-order valence-corrected chi connectivity index (χ3v) is 2.68. The van der Waals surface area contributed by atoms with Gasteiger partial charge in [0.1, 0.15) is 6.61 Å². The molecule has 0 saturated heterocycles. The fourth-order valence-corrected chi connectivity index (χ4v) is 1.76. The van der Waals surface area contributed by atoms with Crippen LogP contribution in [0.2, 0.25) is 0 Å². The van der Waals surface area contributed by atoms with Crippen molar-refractivity contribution in [1.82, 2.24) is 9.78 Å². The number of nitrogens with two attached hydrogens (primary N) is 1. The number of alkyl halides is 3. The van der Waals surface area contributed by atoms with Gasteiger partial charge in [0.15, 0.2) is 5.75 Å². The number of rotatable bonds is 5. The van der Waals surface area contributed by atoms with Crippen LogP contribution in [0, 0.1) is 0 Å². The zero-order valence-electron chi connectivity index (χ0n) is 10.6. The van der Waals surface area contributed by atoms with Crippen LogP contribution in [-0.4, -0.2) is 16.3 Å². The normalized spacial score (nSPS) is 11.6. The molecule has 0 atom stereocenters. The van der Waals surface area contributed by atoms with Gasteiger partial charge in [0.2, 0.25) is 0 Å². The van der Waals surface area contributed by atoms with Crippen LogP contribution in [0.5, 0.6) is 5.75 Å². The standard InChI is InChI=1S/C13H14F3N3O/c14-13(15,16)12-4-2-1-3-10(12)9-20-11-7-18-19(8-11)6-5-17/h1-4,7-8H,5-6,9,17H2. The summed E-state index contributed by atoms with van der Waals surface area (Å²) in [7, 11) is 0. The number of hydrogen-bond acceptors (Lipinski definition) is 3. The molecule has 2 rings (SSSR count). The molecule has 0 aliphatic rings. The molecule has 0 saturated carbocycles. The van der Waals surface area contributed by atoms with Gasteiger partial charge in [0.05, 0.1) is 24.5 Å². The lowest BCUT2D eigenvalue weighted by molar-refractivity contribution is -0.138. The van der Waals surface area contributed by atoms with Crippen molar-refractivity contribution < 1.29 is 17.9 Å². The highest BCUT2D eigenvalue weighted by Gasteiger charge is 2.32. The molecule has 0 unspecified atom stereocenters. The molecular formula is C13H14F3N3O. The number of benzene rings is 1. The zero-order valence-corrected chi connectivity index (χ0v) is 10.6. The second-order valence-electron chi connectivity index (χ2n) is 4.17. The second-order valence-corrected chi connectivity index (χ2v) is 4.17. The van der Waals surface area contributed by atoms with Crippen LogP contribution >= 0.6 is 0 Å². The first kappa shape index (κ1) is 14.4. The van der Waals surface area contributed by atoms with Crippen LogP contribution in [0.15, 0.2) is 36.7 Å². The number of halogens is 3. The Morgan fingerprint density at radius 2 is 2.00 bits per heavy atom. The zero-order chi connectivity index (χ0) is 14.6. The smallest absolute Gasteiger partial charge is 0.416 e. The number of hydrogen-bond donors (Lipinski definition) is 1. The van der Waals surface area contributed by atoms with Gasteiger partial charge in [-0.25, -0.2) is 0 Å². The average Bonchev–Trinajstić information content (AvgIpc) is 2.84. The molecule has 20 heavy (non-hydrogen) atoms. The van der Waals surface area contributed by atoms with E-state index in [1.165, 1.54) is 18.3 Å². The van der Waals surface area contributed by atoms with Crippen molar-refractivity contribution in [3.8, 4) is 5.75 Å². The summed E-state index contributed by atoms with van der Waals surface area (Å²) in [5, 5.41) is 3.98. The van der Waals surface area contributed by atoms with E-state index in [2.05, 4.69) is 5.10 Å². The fourth-order valence-electron chi connectivity index (χ4n) is 1.76. The molecule has 0 aliphatic heterocycles. The summed E-state index contributed by atoms with van der Waals surface area (Å²) in [5.41, 5.74) is 4.78. The van der Waals surface area contributed by atoms with Crippen molar-refractivity contribution >= 4 is 0 Å². The predicted octanol–water partition coefficient (Wildman–Crippen LogP) is 2.44. The van der Waals surface area contributed by atoms with Gasteiger partial charge in [-0.05, 0) is 6.07 Å². The topological polar surface area (TPSA) is 53.1 Å². The van der Waals surface area contributed by atoms with E-state index >= 15 is 0 Å². The van der Waals surface area contributed by atoms with Crippen LogP contribution in [0.3, 0.4) is 0 Å². The van der Waals surface area contributed by atoms with Gasteiger partial charge in [-0.15, -0.1) is 0 Å². The maximum Gasteiger partial charge on any atom is 0.416 e.